The number of carbonyl (C=O) groups excluding carboxylic acids is 2. The van der Waals surface area contributed by atoms with E-state index in [2.05, 4.69) is 5.32 Å². The lowest BCUT2D eigenvalue weighted by Crippen LogP contribution is -2.51. The van der Waals surface area contributed by atoms with Gasteiger partial charge in [0.25, 0.3) is 10.0 Å². The van der Waals surface area contributed by atoms with Crippen LogP contribution in [0.4, 0.5) is 5.69 Å². The highest BCUT2D eigenvalue weighted by molar-refractivity contribution is 7.92. The molecule has 0 aliphatic heterocycles. The van der Waals surface area contributed by atoms with Gasteiger partial charge in [-0.25, -0.2) is 8.42 Å². The van der Waals surface area contributed by atoms with Crippen molar-refractivity contribution in [3.63, 3.8) is 0 Å². The maximum absolute atomic E-state index is 14.0. The molecule has 0 radical (unpaired) electrons. The number of ether oxygens (including phenoxy) is 2. The number of hydrogen-bond donors (Lipinski definition) is 1. The summed E-state index contributed by atoms with van der Waals surface area (Å²) in [5.74, 6) is -0.277. The summed E-state index contributed by atoms with van der Waals surface area (Å²) in [7, 11) is -1.38. The third kappa shape index (κ3) is 8.14. The summed E-state index contributed by atoms with van der Waals surface area (Å²) in [6.45, 7) is 3.67. The first-order valence-corrected chi connectivity index (χ1v) is 15.1. The van der Waals surface area contributed by atoms with Gasteiger partial charge in [0.05, 0.1) is 24.8 Å². The average Bonchev–Trinajstić information content (AvgIpc) is 2.99. The van der Waals surface area contributed by atoms with Crippen LogP contribution in [0.2, 0.25) is 5.02 Å². The van der Waals surface area contributed by atoms with Gasteiger partial charge >= 0.3 is 0 Å². The molecule has 3 aromatic carbocycles. The molecule has 0 saturated heterocycles. The minimum Gasteiger partial charge on any atom is -0.493 e. The molecule has 0 saturated carbocycles. The number of sulfonamides is 1. The number of halogens is 1. The van der Waals surface area contributed by atoms with Gasteiger partial charge < -0.3 is 19.7 Å². The highest BCUT2D eigenvalue weighted by Crippen LogP contribution is 2.32. The molecule has 2 amide bonds. The minimum absolute atomic E-state index is 0.0808. The Morgan fingerprint density at radius 1 is 0.951 bits per heavy atom. The van der Waals surface area contributed by atoms with Crippen molar-refractivity contribution in [3.8, 4) is 11.5 Å². The largest absolute Gasteiger partial charge is 0.493 e. The maximum Gasteiger partial charge on any atom is 0.264 e. The first-order chi connectivity index (χ1) is 19.6. The van der Waals surface area contributed by atoms with E-state index in [9.17, 15) is 18.0 Å². The number of anilines is 1. The third-order valence-corrected chi connectivity index (χ3v) is 8.55. The van der Waals surface area contributed by atoms with Gasteiger partial charge in [-0.2, -0.15) is 0 Å². The number of amides is 2. The molecular weight excluding hydrogens is 566 g/mol. The van der Waals surface area contributed by atoms with Crippen LogP contribution in [0.15, 0.2) is 77.7 Å². The van der Waals surface area contributed by atoms with Crippen LogP contribution in [0, 0.1) is 0 Å². The van der Waals surface area contributed by atoms with Crippen LogP contribution in [-0.4, -0.2) is 58.5 Å². The molecule has 0 bridgehead atoms. The predicted octanol–water partition coefficient (Wildman–Crippen LogP) is 4.89. The van der Waals surface area contributed by atoms with Gasteiger partial charge in [0, 0.05) is 24.2 Å². The molecule has 3 aromatic rings. The molecule has 0 unspecified atom stereocenters. The Bertz CT molecular complexity index is 1420. The molecule has 0 aromatic heterocycles. The van der Waals surface area contributed by atoms with Gasteiger partial charge in [-0.15, -0.1) is 0 Å². The summed E-state index contributed by atoms with van der Waals surface area (Å²) in [5, 5.41) is 3.40. The van der Waals surface area contributed by atoms with Crippen molar-refractivity contribution >= 4 is 39.1 Å². The van der Waals surface area contributed by atoms with Crippen molar-refractivity contribution in [1.82, 2.24) is 10.2 Å². The molecule has 220 valence electrons. The standard InChI is InChI=1S/C30H36ClN3O6S/c1-5-6-18-32-30(36)22(2)33(20-23-12-14-24(31)15-13-23)29(35)21-34(25-10-8-7-9-11-25)41(37,38)26-16-17-27(39-3)28(19-26)40-4/h7-17,19,22H,5-6,18,20-21H2,1-4H3,(H,32,36)/t22-/m0/s1. The molecule has 0 aliphatic carbocycles. The second kappa shape index (κ2) is 14.7. The number of hydrogen-bond acceptors (Lipinski definition) is 6. The molecule has 0 spiro atoms. The summed E-state index contributed by atoms with van der Waals surface area (Å²) in [4.78, 5) is 28.3. The average molecular weight is 602 g/mol. The monoisotopic (exact) mass is 601 g/mol. The molecule has 11 heteroatoms. The lowest BCUT2D eigenvalue weighted by atomic mass is 10.1. The van der Waals surface area contributed by atoms with E-state index in [0.29, 0.717) is 23.0 Å². The molecule has 1 atom stereocenters. The van der Waals surface area contributed by atoms with Crippen molar-refractivity contribution in [2.75, 3.05) is 31.6 Å². The van der Waals surface area contributed by atoms with E-state index in [1.165, 1.54) is 37.3 Å². The number of unbranched alkanes of at least 4 members (excludes halogenated alkanes) is 1. The van der Waals surface area contributed by atoms with E-state index in [-0.39, 0.29) is 23.1 Å². The Morgan fingerprint density at radius 3 is 2.22 bits per heavy atom. The van der Waals surface area contributed by atoms with Gasteiger partial charge in [-0.05, 0) is 55.3 Å². The molecular formula is C30H36ClN3O6S. The first-order valence-electron chi connectivity index (χ1n) is 13.2. The van der Waals surface area contributed by atoms with E-state index in [1.807, 2.05) is 6.92 Å². The molecule has 0 aliphatic rings. The number of rotatable bonds is 14. The summed E-state index contributed by atoms with van der Waals surface area (Å²) in [6.07, 6.45) is 1.71. The number of nitrogens with zero attached hydrogens (tertiary/aromatic N) is 2. The van der Waals surface area contributed by atoms with E-state index < -0.39 is 28.5 Å². The van der Waals surface area contributed by atoms with Crippen molar-refractivity contribution in [3.05, 3.63) is 83.4 Å². The van der Waals surface area contributed by atoms with Crippen LogP contribution in [-0.2, 0) is 26.2 Å². The van der Waals surface area contributed by atoms with Crippen molar-refractivity contribution in [2.24, 2.45) is 0 Å². The van der Waals surface area contributed by atoms with Gasteiger partial charge in [0.2, 0.25) is 11.8 Å². The van der Waals surface area contributed by atoms with Crippen LogP contribution < -0.4 is 19.1 Å². The van der Waals surface area contributed by atoms with Crippen LogP contribution in [0.25, 0.3) is 0 Å². The minimum atomic E-state index is -4.25. The van der Waals surface area contributed by atoms with Crippen LogP contribution >= 0.6 is 11.6 Å². The molecule has 3 rings (SSSR count). The van der Waals surface area contributed by atoms with E-state index in [1.54, 1.807) is 61.5 Å². The van der Waals surface area contributed by atoms with Crippen LogP contribution in [0.1, 0.15) is 32.3 Å². The number of benzene rings is 3. The van der Waals surface area contributed by atoms with Gasteiger partial charge in [0.15, 0.2) is 11.5 Å². The van der Waals surface area contributed by atoms with Gasteiger partial charge in [0.1, 0.15) is 12.6 Å². The smallest absolute Gasteiger partial charge is 0.264 e. The van der Waals surface area contributed by atoms with Crippen LogP contribution in [0.3, 0.4) is 0 Å². The Balaban J connectivity index is 2.01. The Labute approximate surface area is 247 Å². The normalized spacial score (nSPS) is 11.8. The number of methoxy groups -OCH3 is 2. The SMILES string of the molecule is CCCCNC(=O)[C@H](C)N(Cc1ccc(Cl)cc1)C(=O)CN(c1ccccc1)S(=O)(=O)c1ccc(OC)c(OC)c1. The summed E-state index contributed by atoms with van der Waals surface area (Å²) >= 11 is 6.05. The van der Waals surface area contributed by atoms with Crippen molar-refractivity contribution in [2.45, 2.75) is 44.2 Å². The van der Waals surface area contributed by atoms with Crippen LogP contribution in [0.5, 0.6) is 11.5 Å². The van der Waals surface area contributed by atoms with E-state index in [0.717, 1.165) is 22.7 Å². The predicted molar refractivity (Wildman–Crippen MR) is 160 cm³/mol. The Kier molecular flexibility index (Phi) is 11.4. The molecule has 0 heterocycles. The topological polar surface area (TPSA) is 105 Å². The third-order valence-electron chi connectivity index (χ3n) is 6.53. The zero-order valence-electron chi connectivity index (χ0n) is 23.7. The summed E-state index contributed by atoms with van der Waals surface area (Å²) in [5.41, 5.74) is 1.03. The Morgan fingerprint density at radius 2 is 1.61 bits per heavy atom. The lowest BCUT2D eigenvalue weighted by Gasteiger charge is -2.32. The quantitative estimate of drug-likeness (QED) is 0.264. The number of para-hydroxylation sites is 1. The number of carbonyl (C=O) groups is 2. The maximum atomic E-state index is 14.0. The lowest BCUT2D eigenvalue weighted by molar-refractivity contribution is -0.139. The zero-order valence-corrected chi connectivity index (χ0v) is 25.2. The second-order valence-electron chi connectivity index (χ2n) is 9.33. The fraction of sp³-hybridized carbons (Fsp3) is 0.333. The van der Waals surface area contributed by atoms with E-state index >= 15 is 0 Å². The van der Waals surface area contributed by atoms with Gasteiger partial charge in [-0.1, -0.05) is 55.3 Å². The highest BCUT2D eigenvalue weighted by atomic mass is 35.5. The molecule has 0 fully saturated rings. The first kappa shape index (κ1) is 31.8. The Hall–Kier alpha value is -3.76. The molecule has 41 heavy (non-hydrogen) atoms. The summed E-state index contributed by atoms with van der Waals surface area (Å²) < 4.78 is 39.6. The van der Waals surface area contributed by atoms with E-state index in [4.69, 9.17) is 21.1 Å². The molecule has 9 nitrogen and oxygen atoms in total. The van der Waals surface area contributed by atoms with Gasteiger partial charge in [-0.3, -0.25) is 13.9 Å². The fourth-order valence-corrected chi connectivity index (χ4v) is 5.69. The second-order valence-corrected chi connectivity index (χ2v) is 11.6. The molecule has 1 N–H and O–H groups in total. The fourth-order valence-electron chi connectivity index (χ4n) is 4.13. The van der Waals surface area contributed by atoms with Crippen molar-refractivity contribution in [1.29, 1.82) is 0 Å². The zero-order chi connectivity index (χ0) is 30.0. The summed E-state index contributed by atoms with van der Waals surface area (Å²) in [6, 6.07) is 18.6. The highest BCUT2D eigenvalue weighted by Gasteiger charge is 2.33. The number of nitrogens with one attached hydrogen (secondary N) is 1. The van der Waals surface area contributed by atoms with Crippen molar-refractivity contribution < 1.29 is 27.5 Å².